The third kappa shape index (κ3) is 4.95. The minimum absolute atomic E-state index is 0.0518. The molecule has 1 saturated heterocycles. The maximum Gasteiger partial charge on any atom is 0.410 e. The van der Waals surface area contributed by atoms with E-state index in [-0.39, 0.29) is 25.6 Å². The zero-order chi connectivity index (χ0) is 25.4. The van der Waals surface area contributed by atoms with Crippen LogP contribution in [0.25, 0.3) is 11.1 Å². The molecule has 0 aromatic heterocycles. The highest BCUT2D eigenvalue weighted by Crippen LogP contribution is 2.44. The molecule has 0 saturated carbocycles. The Kier molecular flexibility index (Phi) is 6.46. The molecule has 9 heteroatoms. The van der Waals surface area contributed by atoms with Gasteiger partial charge < -0.3 is 29.5 Å². The summed E-state index contributed by atoms with van der Waals surface area (Å²) >= 11 is 0. The Morgan fingerprint density at radius 3 is 2.11 bits per heavy atom. The van der Waals surface area contributed by atoms with E-state index in [1.54, 1.807) is 20.8 Å². The van der Waals surface area contributed by atoms with Gasteiger partial charge in [-0.1, -0.05) is 48.5 Å². The van der Waals surface area contributed by atoms with Crippen LogP contribution in [0.5, 0.6) is 0 Å². The number of hydrogen-bond donors (Lipinski definition) is 2. The lowest BCUT2D eigenvalue weighted by Gasteiger charge is -2.48. The molecule has 2 aromatic rings. The molecule has 1 aliphatic heterocycles. The molecule has 1 atom stereocenters. The summed E-state index contributed by atoms with van der Waals surface area (Å²) < 4.78 is 15.6. The molecule has 2 aromatic carbocycles. The second-order valence-electron chi connectivity index (χ2n) is 9.87. The highest BCUT2D eigenvalue weighted by atomic mass is 16.6. The molecule has 4 rings (SSSR count). The third-order valence-electron chi connectivity index (χ3n) is 6.16. The molecular weight excluding hydrogens is 452 g/mol. The summed E-state index contributed by atoms with van der Waals surface area (Å²) in [5.74, 6) is -0.996. The lowest BCUT2D eigenvalue weighted by Crippen LogP contribution is -2.74. The Labute approximate surface area is 204 Å². The van der Waals surface area contributed by atoms with Gasteiger partial charge in [-0.2, -0.15) is 0 Å². The Hall–Kier alpha value is -3.59. The second-order valence-corrected chi connectivity index (χ2v) is 9.87. The van der Waals surface area contributed by atoms with Gasteiger partial charge in [0.05, 0.1) is 20.2 Å². The van der Waals surface area contributed by atoms with Gasteiger partial charge >= 0.3 is 18.2 Å². The fourth-order valence-corrected chi connectivity index (χ4v) is 4.54. The topological polar surface area (TPSA) is 114 Å². The Morgan fingerprint density at radius 1 is 1.06 bits per heavy atom. The summed E-state index contributed by atoms with van der Waals surface area (Å²) in [5.41, 5.74) is 1.88. The number of amides is 2. The first-order valence-corrected chi connectivity index (χ1v) is 11.4. The molecule has 9 nitrogen and oxygen atoms in total. The van der Waals surface area contributed by atoms with E-state index in [9.17, 15) is 19.5 Å². The van der Waals surface area contributed by atoms with E-state index in [4.69, 9.17) is 14.2 Å². The number of ether oxygens (including phenoxy) is 3. The van der Waals surface area contributed by atoms with E-state index in [0.717, 1.165) is 29.4 Å². The lowest BCUT2D eigenvalue weighted by molar-refractivity contribution is -0.163. The van der Waals surface area contributed by atoms with Gasteiger partial charge in [0.25, 0.3) is 0 Å². The lowest BCUT2D eigenvalue weighted by atomic mass is 9.86. The van der Waals surface area contributed by atoms with E-state index in [1.807, 2.05) is 48.5 Å². The standard InChI is InChI=1S/C26H30N2O7/c1-25(2,3)35-24(31)28-14-26(32,15-28)21(22(29)33-4)27-23(30)34-13-20-18-11-7-5-9-16(18)17-10-6-8-12-19(17)20/h5-12,20-21,32H,13-15H2,1-4H3,(H,27,30). The van der Waals surface area contributed by atoms with Crippen LogP contribution >= 0.6 is 0 Å². The molecule has 1 fully saturated rings. The quantitative estimate of drug-likeness (QED) is 0.497. The van der Waals surface area contributed by atoms with E-state index in [1.165, 1.54) is 4.90 Å². The Balaban J connectivity index is 1.41. The molecule has 0 spiro atoms. The molecule has 2 amide bonds. The van der Waals surface area contributed by atoms with Crippen LogP contribution in [0.1, 0.15) is 37.8 Å². The van der Waals surface area contributed by atoms with E-state index in [2.05, 4.69) is 5.32 Å². The van der Waals surface area contributed by atoms with Gasteiger partial charge in [0.15, 0.2) is 6.04 Å². The van der Waals surface area contributed by atoms with Crippen LogP contribution in [0.2, 0.25) is 0 Å². The molecule has 0 radical (unpaired) electrons. The molecule has 1 heterocycles. The molecule has 1 unspecified atom stereocenters. The van der Waals surface area contributed by atoms with Crippen molar-refractivity contribution in [3.8, 4) is 11.1 Å². The predicted octanol–water partition coefficient (Wildman–Crippen LogP) is 3.05. The number of aliphatic hydroxyl groups is 1. The minimum atomic E-state index is -1.71. The number of carbonyl (C=O) groups is 3. The number of nitrogens with one attached hydrogen (secondary N) is 1. The van der Waals surface area contributed by atoms with Gasteiger partial charge in [-0.3, -0.25) is 0 Å². The largest absolute Gasteiger partial charge is 0.467 e. The van der Waals surface area contributed by atoms with Crippen molar-refractivity contribution in [1.29, 1.82) is 0 Å². The van der Waals surface area contributed by atoms with E-state index in [0.29, 0.717) is 0 Å². The van der Waals surface area contributed by atoms with E-state index < -0.39 is 35.4 Å². The maximum atomic E-state index is 12.7. The maximum absolute atomic E-state index is 12.7. The third-order valence-corrected chi connectivity index (χ3v) is 6.16. The van der Waals surface area contributed by atoms with Crippen LogP contribution < -0.4 is 5.32 Å². The summed E-state index contributed by atoms with van der Waals surface area (Å²) in [6.45, 7) is 4.83. The van der Waals surface area contributed by atoms with Crippen LogP contribution in [0.3, 0.4) is 0 Å². The van der Waals surface area contributed by atoms with Gasteiger partial charge in [0, 0.05) is 5.92 Å². The van der Waals surface area contributed by atoms with E-state index >= 15 is 0 Å². The zero-order valence-electron chi connectivity index (χ0n) is 20.2. The average molecular weight is 483 g/mol. The normalized spacial score (nSPS) is 16.9. The van der Waals surface area contributed by atoms with Crippen LogP contribution in [0, 0.1) is 0 Å². The number of methoxy groups -OCH3 is 1. The average Bonchev–Trinajstić information content (AvgIpc) is 3.11. The summed E-state index contributed by atoms with van der Waals surface area (Å²) in [6.07, 6.45) is -1.49. The highest BCUT2D eigenvalue weighted by molar-refractivity contribution is 5.84. The van der Waals surface area contributed by atoms with Crippen molar-refractivity contribution in [2.45, 2.75) is 43.9 Å². The molecule has 186 valence electrons. The number of nitrogens with zero attached hydrogens (tertiary/aromatic N) is 1. The number of hydrogen-bond acceptors (Lipinski definition) is 7. The first kappa shape index (κ1) is 24.5. The number of carbonyl (C=O) groups excluding carboxylic acids is 3. The molecular formula is C26H30N2O7. The molecule has 1 aliphatic carbocycles. The smallest absolute Gasteiger partial charge is 0.410 e. The number of β-amino-alcohol motifs (C(OH)–C–C–N with tert-alkyl or cyclic N) is 1. The molecule has 2 aliphatic rings. The first-order valence-electron chi connectivity index (χ1n) is 11.4. The minimum Gasteiger partial charge on any atom is -0.467 e. The van der Waals surface area contributed by atoms with Gasteiger partial charge in [0.2, 0.25) is 0 Å². The zero-order valence-corrected chi connectivity index (χ0v) is 20.2. The van der Waals surface area contributed by atoms with Crippen LogP contribution in [-0.2, 0) is 19.0 Å². The number of rotatable bonds is 5. The van der Waals surface area contributed by atoms with Crippen molar-refractivity contribution in [1.82, 2.24) is 10.2 Å². The van der Waals surface area contributed by atoms with Crippen LogP contribution in [0.4, 0.5) is 9.59 Å². The van der Waals surface area contributed by atoms with Gasteiger partial charge in [-0.25, -0.2) is 14.4 Å². The second kappa shape index (κ2) is 9.22. The summed E-state index contributed by atoms with van der Waals surface area (Å²) in [6, 6.07) is 14.5. The van der Waals surface area contributed by atoms with Gasteiger partial charge in [0.1, 0.15) is 17.8 Å². The summed E-state index contributed by atoms with van der Waals surface area (Å²) in [5, 5.41) is 13.4. The summed E-state index contributed by atoms with van der Waals surface area (Å²) in [4.78, 5) is 38.6. The monoisotopic (exact) mass is 482 g/mol. The van der Waals surface area contributed by atoms with Crippen molar-refractivity contribution in [3.05, 3.63) is 59.7 Å². The molecule has 35 heavy (non-hydrogen) atoms. The van der Waals surface area contributed by atoms with Crippen molar-refractivity contribution in [3.63, 3.8) is 0 Å². The van der Waals surface area contributed by atoms with Crippen molar-refractivity contribution >= 4 is 18.2 Å². The number of likely N-dealkylation sites (tertiary alicyclic amines) is 1. The number of benzene rings is 2. The molecule has 0 bridgehead atoms. The van der Waals surface area contributed by atoms with Crippen LogP contribution in [-0.4, -0.2) is 72.2 Å². The van der Waals surface area contributed by atoms with Gasteiger partial charge in [-0.05, 0) is 43.0 Å². The summed E-state index contributed by atoms with van der Waals surface area (Å²) in [7, 11) is 1.16. The fraction of sp³-hybridized carbons (Fsp3) is 0.423. The van der Waals surface area contributed by atoms with Gasteiger partial charge in [-0.15, -0.1) is 0 Å². The highest BCUT2D eigenvalue weighted by Gasteiger charge is 2.54. The predicted molar refractivity (Wildman–Crippen MR) is 127 cm³/mol. The SMILES string of the molecule is COC(=O)C(NC(=O)OCC1c2ccccc2-c2ccccc21)C1(O)CN(C(=O)OC(C)(C)C)C1. The Bertz CT molecular complexity index is 1090. The fourth-order valence-electron chi connectivity index (χ4n) is 4.54. The van der Waals surface area contributed by atoms with Crippen molar-refractivity contribution in [2.24, 2.45) is 0 Å². The number of esters is 1. The molecule has 2 N–H and O–H groups in total. The number of alkyl carbamates (subject to hydrolysis) is 1. The Morgan fingerprint density at radius 2 is 1.60 bits per heavy atom. The van der Waals surface area contributed by atoms with Crippen molar-refractivity contribution in [2.75, 3.05) is 26.8 Å². The van der Waals surface area contributed by atoms with Crippen molar-refractivity contribution < 1.29 is 33.7 Å². The van der Waals surface area contributed by atoms with Crippen LogP contribution in [0.15, 0.2) is 48.5 Å². The number of fused-ring (bicyclic) bond motifs is 3. The first-order chi connectivity index (χ1) is 16.5.